The van der Waals surface area contributed by atoms with Crippen molar-refractivity contribution in [3.63, 3.8) is 0 Å². The Morgan fingerprint density at radius 3 is 2.81 bits per heavy atom. The van der Waals surface area contributed by atoms with Gasteiger partial charge in [0, 0.05) is 11.4 Å². The van der Waals surface area contributed by atoms with Crippen LogP contribution in [0.2, 0.25) is 0 Å². The van der Waals surface area contributed by atoms with Crippen molar-refractivity contribution in [2.24, 2.45) is 0 Å². The molecule has 0 bridgehead atoms. The van der Waals surface area contributed by atoms with Crippen molar-refractivity contribution < 1.29 is 9.90 Å². The summed E-state index contributed by atoms with van der Waals surface area (Å²) in [6, 6.07) is 1.93. The van der Waals surface area contributed by atoms with Crippen LogP contribution in [0.15, 0.2) is 6.07 Å². The van der Waals surface area contributed by atoms with Crippen molar-refractivity contribution in [2.45, 2.75) is 32.2 Å². The van der Waals surface area contributed by atoms with Crippen LogP contribution in [0, 0.1) is 13.8 Å². The molecule has 0 spiro atoms. The van der Waals surface area contributed by atoms with Crippen LogP contribution in [0.4, 0.5) is 0 Å². The van der Waals surface area contributed by atoms with E-state index in [4.69, 9.17) is 0 Å². The number of nitrogens with zero attached hydrogens (tertiary/aromatic N) is 2. The molecule has 5 heteroatoms. The van der Waals surface area contributed by atoms with E-state index in [1.165, 1.54) is 0 Å². The van der Waals surface area contributed by atoms with Crippen LogP contribution in [0.25, 0.3) is 0 Å². The van der Waals surface area contributed by atoms with Crippen LogP contribution in [0.5, 0.6) is 0 Å². The van der Waals surface area contributed by atoms with E-state index in [-0.39, 0.29) is 0 Å². The smallest absolute Gasteiger partial charge is 0.332 e. The zero-order chi connectivity index (χ0) is 11.8. The van der Waals surface area contributed by atoms with Crippen LogP contribution < -0.4 is 0 Å². The predicted molar refractivity (Wildman–Crippen MR) is 63.9 cm³/mol. The molecule has 0 amide bonds. The molecular formula is C11H16N2O2S. The van der Waals surface area contributed by atoms with Crippen molar-refractivity contribution in [3.8, 4) is 0 Å². The number of aliphatic carboxylic acids is 1. The lowest BCUT2D eigenvalue weighted by molar-refractivity contribution is -0.147. The molecule has 0 aliphatic carbocycles. The number of thioether (sulfide) groups is 1. The number of carbonyl (C=O) groups is 1. The lowest BCUT2D eigenvalue weighted by Gasteiger charge is -2.34. The van der Waals surface area contributed by atoms with Crippen LogP contribution in [-0.4, -0.2) is 32.4 Å². The Labute approximate surface area is 99.0 Å². The topological polar surface area (TPSA) is 55.1 Å². The highest BCUT2D eigenvalue weighted by Gasteiger charge is 2.43. The molecule has 2 heterocycles. The Balaban J connectivity index is 2.46. The van der Waals surface area contributed by atoms with Gasteiger partial charge >= 0.3 is 5.97 Å². The summed E-state index contributed by atoms with van der Waals surface area (Å²) in [7, 11) is 0. The Morgan fingerprint density at radius 1 is 1.62 bits per heavy atom. The molecule has 0 radical (unpaired) electrons. The summed E-state index contributed by atoms with van der Waals surface area (Å²) in [4.78, 5) is 11.6. The minimum absolute atomic E-state index is 0.615. The van der Waals surface area contributed by atoms with Gasteiger partial charge in [0.05, 0.1) is 5.69 Å². The normalized spacial score (nSPS) is 25.6. The maximum Gasteiger partial charge on any atom is 0.332 e. The summed E-state index contributed by atoms with van der Waals surface area (Å²) >= 11 is 1.70. The van der Waals surface area contributed by atoms with Crippen LogP contribution in [0.1, 0.15) is 24.2 Å². The fourth-order valence-electron chi connectivity index (χ4n) is 2.27. The summed E-state index contributed by atoms with van der Waals surface area (Å²) in [5.41, 5.74) is 0.984. The number of rotatable bonds is 2. The summed E-state index contributed by atoms with van der Waals surface area (Å²) in [6.45, 7) is 3.82. The molecule has 2 rings (SSSR count). The molecule has 88 valence electrons. The van der Waals surface area contributed by atoms with Gasteiger partial charge in [-0.15, -0.1) is 0 Å². The zero-order valence-corrected chi connectivity index (χ0v) is 10.4. The van der Waals surface area contributed by atoms with Gasteiger partial charge < -0.3 is 5.11 Å². The quantitative estimate of drug-likeness (QED) is 0.856. The summed E-state index contributed by atoms with van der Waals surface area (Å²) in [6.07, 6.45) is 1.62. The highest BCUT2D eigenvalue weighted by atomic mass is 32.2. The van der Waals surface area contributed by atoms with Gasteiger partial charge in [-0.25, -0.2) is 4.79 Å². The molecule has 1 aromatic rings. The molecule has 1 atom stereocenters. The summed E-state index contributed by atoms with van der Waals surface area (Å²) in [5, 5.41) is 13.9. The van der Waals surface area contributed by atoms with E-state index in [2.05, 4.69) is 5.10 Å². The van der Waals surface area contributed by atoms with Gasteiger partial charge in [0.25, 0.3) is 0 Å². The number of hydrogen-bond acceptors (Lipinski definition) is 3. The Hall–Kier alpha value is -0.970. The standard InChI is InChI=1S/C11H16N2O2S/c1-8-6-9(2)13(12-8)11(10(14)15)4-3-5-16-7-11/h6H,3-5,7H2,1-2H3,(H,14,15). The lowest BCUT2D eigenvalue weighted by Crippen LogP contribution is -2.47. The van der Waals surface area contributed by atoms with Gasteiger partial charge in [0.1, 0.15) is 0 Å². The van der Waals surface area contributed by atoms with Crippen molar-refractivity contribution in [3.05, 3.63) is 17.5 Å². The average molecular weight is 240 g/mol. The van der Waals surface area contributed by atoms with E-state index >= 15 is 0 Å². The minimum atomic E-state index is -0.832. The van der Waals surface area contributed by atoms with Crippen LogP contribution >= 0.6 is 11.8 Å². The Morgan fingerprint density at radius 2 is 2.38 bits per heavy atom. The molecule has 1 saturated heterocycles. The van der Waals surface area contributed by atoms with Gasteiger partial charge in [-0.1, -0.05) is 0 Å². The molecule has 0 saturated carbocycles. The maximum absolute atomic E-state index is 11.6. The first-order chi connectivity index (χ1) is 7.56. The molecule has 0 aromatic carbocycles. The highest BCUT2D eigenvalue weighted by molar-refractivity contribution is 7.99. The molecule has 1 fully saturated rings. The van der Waals surface area contributed by atoms with Crippen molar-refractivity contribution >= 4 is 17.7 Å². The van der Waals surface area contributed by atoms with Gasteiger partial charge in [-0.3, -0.25) is 4.68 Å². The molecule has 4 nitrogen and oxygen atoms in total. The summed E-state index contributed by atoms with van der Waals surface area (Å²) in [5.74, 6) is 0.907. The Kier molecular flexibility index (Phi) is 2.97. The zero-order valence-electron chi connectivity index (χ0n) is 9.56. The van der Waals surface area contributed by atoms with E-state index in [1.807, 2.05) is 19.9 Å². The number of carboxylic acid groups (broad SMARTS) is 1. The first-order valence-corrected chi connectivity index (χ1v) is 6.57. The number of aryl methyl sites for hydroxylation is 2. The molecule has 16 heavy (non-hydrogen) atoms. The second-order valence-electron chi connectivity index (χ2n) is 4.33. The first-order valence-electron chi connectivity index (χ1n) is 5.41. The van der Waals surface area contributed by atoms with Crippen molar-refractivity contribution in [1.82, 2.24) is 9.78 Å². The van der Waals surface area contributed by atoms with Gasteiger partial charge in [-0.05, 0) is 38.5 Å². The van der Waals surface area contributed by atoms with Crippen LogP contribution in [-0.2, 0) is 10.3 Å². The monoisotopic (exact) mass is 240 g/mol. The summed E-state index contributed by atoms with van der Waals surface area (Å²) < 4.78 is 1.71. The number of hydrogen-bond donors (Lipinski definition) is 1. The molecule has 1 N–H and O–H groups in total. The van der Waals surface area contributed by atoms with Crippen LogP contribution in [0.3, 0.4) is 0 Å². The second kappa shape index (κ2) is 4.13. The average Bonchev–Trinajstić information content (AvgIpc) is 2.59. The third-order valence-electron chi connectivity index (χ3n) is 3.03. The minimum Gasteiger partial charge on any atom is -0.479 e. The molecule has 1 aliphatic rings. The van der Waals surface area contributed by atoms with E-state index in [0.29, 0.717) is 12.2 Å². The second-order valence-corrected chi connectivity index (χ2v) is 5.44. The van der Waals surface area contributed by atoms with E-state index in [1.54, 1.807) is 16.4 Å². The van der Waals surface area contributed by atoms with E-state index in [0.717, 1.165) is 23.6 Å². The SMILES string of the molecule is Cc1cc(C)n(C2(C(=O)O)CCCSC2)n1. The largest absolute Gasteiger partial charge is 0.479 e. The van der Waals surface area contributed by atoms with Crippen molar-refractivity contribution in [2.75, 3.05) is 11.5 Å². The number of aromatic nitrogens is 2. The molecular weight excluding hydrogens is 224 g/mol. The van der Waals surface area contributed by atoms with Crippen molar-refractivity contribution in [1.29, 1.82) is 0 Å². The third kappa shape index (κ3) is 1.73. The van der Waals surface area contributed by atoms with E-state index < -0.39 is 11.5 Å². The molecule has 1 aromatic heterocycles. The van der Waals surface area contributed by atoms with Gasteiger partial charge in [0.15, 0.2) is 5.54 Å². The number of carboxylic acids is 1. The van der Waals surface area contributed by atoms with E-state index in [9.17, 15) is 9.90 Å². The van der Waals surface area contributed by atoms with Gasteiger partial charge in [-0.2, -0.15) is 16.9 Å². The lowest BCUT2D eigenvalue weighted by atomic mass is 9.95. The van der Waals surface area contributed by atoms with Gasteiger partial charge in [0.2, 0.25) is 0 Å². The highest BCUT2D eigenvalue weighted by Crippen LogP contribution is 2.34. The molecule has 1 aliphatic heterocycles. The fourth-order valence-corrected chi connectivity index (χ4v) is 3.49. The first kappa shape index (κ1) is 11.5. The fraction of sp³-hybridized carbons (Fsp3) is 0.636. The predicted octanol–water partition coefficient (Wildman–Crippen LogP) is 1.81. The Bertz CT molecular complexity index is 408. The third-order valence-corrected chi connectivity index (χ3v) is 4.29. The molecule has 1 unspecified atom stereocenters. The maximum atomic E-state index is 11.6.